The van der Waals surface area contributed by atoms with Gasteiger partial charge in [-0.15, -0.1) is 0 Å². The molecule has 27 heavy (non-hydrogen) atoms. The number of hydroxylamine groups is 4. The molecule has 10 nitrogen and oxygen atoms in total. The van der Waals surface area contributed by atoms with E-state index in [4.69, 9.17) is 13.5 Å². The second-order valence-electron chi connectivity index (χ2n) is 6.25. The molecule has 4 amide bonds. The quantitative estimate of drug-likeness (QED) is 0.265. The third kappa shape index (κ3) is 5.90. The molecule has 0 spiro atoms. The van der Waals surface area contributed by atoms with Crippen LogP contribution in [0.4, 0.5) is 0 Å². The molecule has 2 heterocycles. The van der Waals surface area contributed by atoms with E-state index in [9.17, 15) is 19.2 Å². The summed E-state index contributed by atoms with van der Waals surface area (Å²) in [6.45, 7) is 4.29. The molecule has 2 rings (SSSR count). The third-order valence-electron chi connectivity index (χ3n) is 3.97. The Balaban J connectivity index is 2.24. The van der Waals surface area contributed by atoms with E-state index in [2.05, 4.69) is 0 Å². The van der Waals surface area contributed by atoms with Gasteiger partial charge in [-0.25, -0.2) is 0 Å². The van der Waals surface area contributed by atoms with E-state index in [0.29, 0.717) is 23.0 Å². The van der Waals surface area contributed by atoms with Gasteiger partial charge in [-0.1, -0.05) is 0 Å². The zero-order chi connectivity index (χ0) is 19.9. The summed E-state index contributed by atoms with van der Waals surface area (Å²) >= 11 is -4.84. The van der Waals surface area contributed by atoms with Crippen LogP contribution in [-0.4, -0.2) is 47.0 Å². The van der Waals surface area contributed by atoms with Crippen molar-refractivity contribution in [1.29, 1.82) is 0 Å². The zero-order valence-corrected chi connectivity index (χ0v) is 17.3. The van der Waals surface area contributed by atoms with Gasteiger partial charge in [0.15, 0.2) is 0 Å². The molecule has 152 valence electrons. The molecule has 0 bridgehead atoms. The van der Waals surface area contributed by atoms with Crippen LogP contribution >= 0.6 is 0 Å². The fraction of sp³-hybridized carbons (Fsp3) is 0.750. The summed E-state index contributed by atoms with van der Waals surface area (Å²) in [6, 6.07) is 0. The number of imide groups is 2. The van der Waals surface area contributed by atoms with Crippen LogP contribution in [0, 0.1) is 0 Å². The van der Waals surface area contributed by atoms with Crippen LogP contribution in [0.2, 0.25) is 0 Å². The van der Waals surface area contributed by atoms with Crippen molar-refractivity contribution in [2.24, 2.45) is 0 Å². The monoisotopic (exact) mass is 422 g/mol. The van der Waals surface area contributed by atoms with Crippen molar-refractivity contribution in [2.75, 3.05) is 13.2 Å². The predicted octanol–water partition coefficient (Wildman–Crippen LogP) is 1.59. The Bertz CT molecular complexity index is 503. The molecule has 2 aliphatic heterocycles. The van der Waals surface area contributed by atoms with Crippen molar-refractivity contribution in [3.63, 3.8) is 0 Å². The summed E-state index contributed by atoms with van der Waals surface area (Å²) in [5, 5.41) is 1.20. The standard InChI is InChI=1S/2C4H4NO3.2C4H9O.Ti/c2*6-3-1-2-4(7)5(3)8;2*1-2-3-4-5;/h2*1-2H2;2*2-4H2,1H3;/q4*-1;+4. The van der Waals surface area contributed by atoms with Gasteiger partial charge in [-0.2, -0.15) is 0 Å². The van der Waals surface area contributed by atoms with Gasteiger partial charge < -0.3 is 0 Å². The molecular formula is C16H26N2O8Ti. The molecule has 0 saturated carbocycles. The average molecular weight is 422 g/mol. The maximum atomic E-state index is 12.0. The summed E-state index contributed by atoms with van der Waals surface area (Å²) in [4.78, 5) is 47.9. The van der Waals surface area contributed by atoms with Crippen LogP contribution in [0.3, 0.4) is 0 Å². The number of nitrogens with zero attached hydrogens (tertiary/aromatic N) is 2. The number of carbonyl (C=O) groups is 4. The molecule has 2 fully saturated rings. The fourth-order valence-corrected chi connectivity index (χ4v) is 5.46. The van der Waals surface area contributed by atoms with Crippen molar-refractivity contribution in [1.82, 2.24) is 10.1 Å². The van der Waals surface area contributed by atoms with Crippen LogP contribution in [0.15, 0.2) is 0 Å². The topological polar surface area (TPSA) is 112 Å². The van der Waals surface area contributed by atoms with Gasteiger partial charge in [0.05, 0.1) is 0 Å². The van der Waals surface area contributed by atoms with E-state index in [1.165, 1.54) is 0 Å². The van der Waals surface area contributed by atoms with Gasteiger partial charge in [0, 0.05) is 0 Å². The molecule has 0 aromatic carbocycles. The van der Waals surface area contributed by atoms with E-state index in [1.807, 2.05) is 13.8 Å². The first-order valence-electron chi connectivity index (χ1n) is 9.30. The summed E-state index contributed by atoms with van der Waals surface area (Å²) in [5.74, 6) is -2.13. The molecule has 0 aliphatic carbocycles. The number of carbonyl (C=O) groups excluding carboxylic acids is 4. The number of hydrogen-bond donors (Lipinski definition) is 0. The first-order valence-corrected chi connectivity index (χ1v) is 11.8. The first kappa shape index (κ1) is 22.1. The van der Waals surface area contributed by atoms with Gasteiger partial charge in [0.25, 0.3) is 0 Å². The van der Waals surface area contributed by atoms with E-state index in [1.54, 1.807) is 0 Å². The maximum absolute atomic E-state index is 12.0. The van der Waals surface area contributed by atoms with Gasteiger partial charge in [0.2, 0.25) is 0 Å². The normalized spacial score (nSPS) is 18.3. The van der Waals surface area contributed by atoms with Crippen LogP contribution in [0.1, 0.15) is 65.2 Å². The van der Waals surface area contributed by atoms with Gasteiger partial charge >= 0.3 is 163 Å². The summed E-state index contributed by atoms with van der Waals surface area (Å²) in [5.41, 5.74) is 0. The van der Waals surface area contributed by atoms with Crippen LogP contribution < -0.4 is 0 Å². The molecule has 0 aromatic rings. The number of rotatable bonds is 12. The van der Waals surface area contributed by atoms with Gasteiger partial charge in [-0.05, 0) is 0 Å². The Kier molecular flexibility index (Phi) is 8.52. The zero-order valence-electron chi connectivity index (χ0n) is 15.7. The van der Waals surface area contributed by atoms with Gasteiger partial charge in [-0.3, -0.25) is 0 Å². The molecule has 0 atom stereocenters. The third-order valence-corrected chi connectivity index (χ3v) is 6.98. The number of amides is 4. The Morgan fingerprint density at radius 3 is 1.33 bits per heavy atom. The van der Waals surface area contributed by atoms with Crippen LogP contribution in [-0.2, 0) is 50.8 Å². The molecule has 11 heteroatoms. The summed E-state index contributed by atoms with van der Waals surface area (Å²) < 4.78 is 22.7. The second-order valence-corrected chi connectivity index (χ2v) is 9.28. The molecule has 2 saturated heterocycles. The SMILES string of the molecule is CCCC[O][Ti]([O]CCCC)([O]N1C(=O)CCC1=O)[O]N1C(=O)CCC1=O. The first-order chi connectivity index (χ1) is 12.9. The molecular weight excluding hydrogens is 396 g/mol. The molecule has 0 N–H and O–H groups in total. The van der Waals surface area contributed by atoms with Crippen molar-refractivity contribution in [2.45, 2.75) is 65.2 Å². The Morgan fingerprint density at radius 1 is 0.704 bits per heavy atom. The summed E-state index contributed by atoms with van der Waals surface area (Å²) in [7, 11) is 0. The predicted molar refractivity (Wildman–Crippen MR) is 86.1 cm³/mol. The van der Waals surface area contributed by atoms with Crippen LogP contribution in [0.25, 0.3) is 0 Å². The molecule has 0 unspecified atom stereocenters. The molecule has 0 aromatic heterocycles. The van der Waals surface area contributed by atoms with E-state index < -0.39 is 41.8 Å². The van der Waals surface area contributed by atoms with Crippen molar-refractivity contribution in [3.8, 4) is 0 Å². The Morgan fingerprint density at radius 2 is 1.04 bits per heavy atom. The fourth-order valence-electron chi connectivity index (χ4n) is 2.39. The van der Waals surface area contributed by atoms with Crippen molar-refractivity contribution < 1.29 is 50.8 Å². The number of unbranched alkanes of at least 4 members (excludes halogenated alkanes) is 2. The molecule has 0 radical (unpaired) electrons. The number of hydrogen-bond acceptors (Lipinski definition) is 8. The second kappa shape index (κ2) is 10.4. The van der Waals surface area contributed by atoms with Crippen molar-refractivity contribution >= 4 is 23.6 Å². The minimum absolute atomic E-state index is 0.0165. The van der Waals surface area contributed by atoms with Crippen LogP contribution in [0.5, 0.6) is 0 Å². The van der Waals surface area contributed by atoms with E-state index in [0.717, 1.165) is 12.8 Å². The minimum atomic E-state index is -4.84. The van der Waals surface area contributed by atoms with Crippen molar-refractivity contribution in [3.05, 3.63) is 0 Å². The Labute approximate surface area is 163 Å². The summed E-state index contributed by atoms with van der Waals surface area (Å²) in [6.07, 6.45) is 3.00. The van der Waals surface area contributed by atoms with E-state index >= 15 is 0 Å². The van der Waals surface area contributed by atoms with Gasteiger partial charge in [0.1, 0.15) is 0 Å². The van der Waals surface area contributed by atoms with E-state index in [-0.39, 0.29) is 38.9 Å². The average Bonchev–Trinajstić information content (AvgIpc) is 3.12. The Hall–Kier alpha value is -1.17. The molecule has 2 aliphatic rings.